The van der Waals surface area contributed by atoms with Gasteiger partial charge in [0.05, 0.1) is 12.8 Å². The summed E-state index contributed by atoms with van der Waals surface area (Å²) in [6, 6.07) is 6.02. The third-order valence-corrected chi connectivity index (χ3v) is 4.26. The van der Waals surface area contributed by atoms with Crippen LogP contribution in [0.4, 0.5) is 5.69 Å². The number of thioether (sulfide) groups is 1. The molecule has 1 amide bonds. The van der Waals surface area contributed by atoms with Crippen LogP contribution in [-0.2, 0) is 4.79 Å². The number of nitrogens with zero attached hydrogens (tertiary/aromatic N) is 1. The number of carbonyl (C=O) groups is 1. The Morgan fingerprint density at radius 1 is 1.61 bits per heavy atom. The van der Waals surface area contributed by atoms with Crippen molar-refractivity contribution in [1.29, 1.82) is 0 Å². The smallest absolute Gasteiger partial charge is 0.228 e. The molecule has 0 aromatic heterocycles. The van der Waals surface area contributed by atoms with Crippen molar-refractivity contribution in [3.63, 3.8) is 0 Å². The molecule has 2 rings (SSSR count). The van der Waals surface area contributed by atoms with Gasteiger partial charge in [-0.2, -0.15) is 0 Å². The second kappa shape index (κ2) is 5.63. The van der Waals surface area contributed by atoms with E-state index in [-0.39, 0.29) is 11.9 Å². The maximum absolute atomic E-state index is 12.1. The Balaban J connectivity index is 2.35. The number of ether oxygens (including phenoxy) is 1. The molecule has 1 aliphatic rings. The zero-order valence-corrected chi connectivity index (χ0v) is 11.5. The zero-order chi connectivity index (χ0) is 13.1. The number of amides is 1. The third-order valence-electron chi connectivity index (χ3n) is 2.97. The molecule has 2 N–H and O–H groups in total. The number of fused-ring (bicyclic) bond motifs is 1. The van der Waals surface area contributed by atoms with Crippen LogP contribution in [0.3, 0.4) is 0 Å². The Morgan fingerprint density at radius 3 is 3.06 bits per heavy atom. The van der Waals surface area contributed by atoms with Crippen molar-refractivity contribution in [1.82, 2.24) is 0 Å². The van der Waals surface area contributed by atoms with Crippen molar-refractivity contribution < 1.29 is 9.53 Å². The molecular formula is C13H18N2O2S. The number of benzene rings is 1. The number of hydrogen-bond acceptors (Lipinski definition) is 4. The lowest BCUT2D eigenvalue weighted by Gasteiger charge is -2.35. The van der Waals surface area contributed by atoms with E-state index >= 15 is 0 Å². The van der Waals surface area contributed by atoms with Crippen molar-refractivity contribution >= 4 is 23.4 Å². The fourth-order valence-electron chi connectivity index (χ4n) is 2.08. The minimum absolute atomic E-state index is 0.0942. The van der Waals surface area contributed by atoms with Gasteiger partial charge in [0.1, 0.15) is 5.75 Å². The fourth-order valence-corrected chi connectivity index (χ4v) is 3.17. The van der Waals surface area contributed by atoms with Gasteiger partial charge in [0.2, 0.25) is 5.91 Å². The van der Waals surface area contributed by atoms with E-state index in [1.807, 2.05) is 23.1 Å². The Morgan fingerprint density at radius 2 is 2.39 bits per heavy atom. The van der Waals surface area contributed by atoms with Crippen LogP contribution in [-0.4, -0.2) is 31.4 Å². The summed E-state index contributed by atoms with van der Waals surface area (Å²) >= 11 is 1.76. The van der Waals surface area contributed by atoms with Gasteiger partial charge >= 0.3 is 0 Å². The van der Waals surface area contributed by atoms with E-state index < -0.39 is 0 Å². The highest BCUT2D eigenvalue weighted by Crippen LogP contribution is 2.39. The van der Waals surface area contributed by atoms with E-state index in [1.54, 1.807) is 18.9 Å². The van der Waals surface area contributed by atoms with Gasteiger partial charge in [0.15, 0.2) is 0 Å². The summed E-state index contributed by atoms with van der Waals surface area (Å²) in [5.41, 5.74) is 6.44. The molecule has 4 nitrogen and oxygen atoms in total. The van der Waals surface area contributed by atoms with Crippen molar-refractivity contribution in [2.24, 2.45) is 5.73 Å². The summed E-state index contributed by atoms with van der Waals surface area (Å²) in [6.45, 7) is 2.45. The number of methoxy groups -OCH3 is 1. The van der Waals surface area contributed by atoms with E-state index in [0.29, 0.717) is 13.0 Å². The van der Waals surface area contributed by atoms with Gasteiger partial charge in [-0.25, -0.2) is 0 Å². The molecule has 0 saturated heterocycles. The lowest BCUT2D eigenvalue weighted by Crippen LogP contribution is -2.43. The molecule has 1 unspecified atom stereocenters. The highest BCUT2D eigenvalue weighted by Gasteiger charge is 2.28. The number of rotatable bonds is 3. The molecule has 0 fully saturated rings. The summed E-state index contributed by atoms with van der Waals surface area (Å²) in [4.78, 5) is 15.1. The fraction of sp³-hybridized carbons (Fsp3) is 0.462. The van der Waals surface area contributed by atoms with E-state index in [9.17, 15) is 4.79 Å². The van der Waals surface area contributed by atoms with Gasteiger partial charge in [-0.3, -0.25) is 4.79 Å². The molecule has 0 aliphatic carbocycles. The standard InChI is InChI=1S/C13H18N2O2S/c1-9-8-18-12-7-10(17-2)3-4-11(12)15(9)13(16)5-6-14/h3-4,7,9H,5-6,8,14H2,1-2H3. The van der Waals surface area contributed by atoms with Crippen molar-refractivity contribution in [3.05, 3.63) is 18.2 Å². The molecule has 1 aromatic carbocycles. The van der Waals surface area contributed by atoms with Crippen molar-refractivity contribution in [2.45, 2.75) is 24.3 Å². The molecule has 98 valence electrons. The van der Waals surface area contributed by atoms with Gasteiger partial charge in [-0.15, -0.1) is 11.8 Å². The number of hydrogen-bond donors (Lipinski definition) is 1. The second-order valence-corrected chi connectivity index (χ2v) is 5.36. The Bertz CT molecular complexity index is 451. The molecule has 0 radical (unpaired) electrons. The number of nitrogens with two attached hydrogens (primary N) is 1. The molecule has 1 aromatic rings. The van der Waals surface area contributed by atoms with Crippen LogP contribution in [0.1, 0.15) is 13.3 Å². The first-order chi connectivity index (χ1) is 8.67. The molecule has 0 saturated carbocycles. The highest BCUT2D eigenvalue weighted by atomic mass is 32.2. The molecule has 1 heterocycles. The summed E-state index contributed by atoms with van der Waals surface area (Å²) in [5.74, 6) is 1.81. The maximum Gasteiger partial charge on any atom is 0.228 e. The normalized spacial score (nSPS) is 18.4. The van der Waals surface area contributed by atoms with Crippen LogP contribution in [0.2, 0.25) is 0 Å². The van der Waals surface area contributed by atoms with Crippen LogP contribution in [0.25, 0.3) is 0 Å². The van der Waals surface area contributed by atoms with Gasteiger partial charge in [0.25, 0.3) is 0 Å². The summed E-state index contributed by atoms with van der Waals surface area (Å²) < 4.78 is 5.21. The van der Waals surface area contributed by atoms with Gasteiger partial charge < -0.3 is 15.4 Å². The summed E-state index contributed by atoms with van der Waals surface area (Å²) in [6.07, 6.45) is 0.389. The topological polar surface area (TPSA) is 55.6 Å². The lowest BCUT2D eigenvalue weighted by molar-refractivity contribution is -0.118. The predicted octanol–water partition coefficient (Wildman–Crippen LogP) is 1.87. The first kappa shape index (κ1) is 13.2. The van der Waals surface area contributed by atoms with Crippen LogP contribution in [0, 0.1) is 0 Å². The van der Waals surface area contributed by atoms with Crippen LogP contribution in [0.5, 0.6) is 5.75 Å². The molecule has 1 atom stereocenters. The molecule has 0 bridgehead atoms. The van der Waals surface area contributed by atoms with Crippen LogP contribution >= 0.6 is 11.8 Å². The number of anilines is 1. The molecular weight excluding hydrogens is 248 g/mol. The highest BCUT2D eigenvalue weighted by molar-refractivity contribution is 7.99. The van der Waals surface area contributed by atoms with Gasteiger partial charge in [-0.1, -0.05) is 0 Å². The SMILES string of the molecule is COc1ccc2c(c1)SCC(C)N2C(=O)CCN. The Hall–Kier alpha value is -1.20. The molecule has 0 spiro atoms. The van der Waals surface area contributed by atoms with Crippen molar-refractivity contribution in [3.8, 4) is 5.75 Å². The predicted molar refractivity (Wildman–Crippen MR) is 74.3 cm³/mol. The monoisotopic (exact) mass is 266 g/mol. The first-order valence-electron chi connectivity index (χ1n) is 6.00. The Labute approximate surface area is 111 Å². The second-order valence-electron chi connectivity index (χ2n) is 4.30. The number of carbonyl (C=O) groups excluding carboxylic acids is 1. The zero-order valence-electron chi connectivity index (χ0n) is 10.7. The quantitative estimate of drug-likeness (QED) is 0.907. The average Bonchev–Trinajstić information content (AvgIpc) is 2.38. The van der Waals surface area contributed by atoms with E-state index in [1.165, 1.54) is 0 Å². The van der Waals surface area contributed by atoms with Crippen LogP contribution in [0.15, 0.2) is 23.1 Å². The average molecular weight is 266 g/mol. The Kier molecular flexibility index (Phi) is 4.14. The maximum atomic E-state index is 12.1. The minimum Gasteiger partial charge on any atom is -0.497 e. The first-order valence-corrected chi connectivity index (χ1v) is 6.99. The van der Waals surface area contributed by atoms with Crippen LogP contribution < -0.4 is 15.4 Å². The summed E-state index contributed by atoms with van der Waals surface area (Å²) in [5, 5.41) is 0. The lowest BCUT2D eigenvalue weighted by atomic mass is 10.2. The minimum atomic E-state index is 0.0942. The molecule has 18 heavy (non-hydrogen) atoms. The van der Waals surface area contributed by atoms with E-state index in [2.05, 4.69) is 6.92 Å². The third kappa shape index (κ3) is 2.47. The molecule has 1 aliphatic heterocycles. The van der Waals surface area contributed by atoms with E-state index in [0.717, 1.165) is 22.1 Å². The molecule has 5 heteroatoms. The van der Waals surface area contributed by atoms with Crippen molar-refractivity contribution in [2.75, 3.05) is 24.3 Å². The largest absolute Gasteiger partial charge is 0.497 e. The van der Waals surface area contributed by atoms with Gasteiger partial charge in [0, 0.05) is 29.7 Å². The van der Waals surface area contributed by atoms with E-state index in [4.69, 9.17) is 10.5 Å². The summed E-state index contributed by atoms with van der Waals surface area (Å²) in [7, 11) is 1.65. The van der Waals surface area contributed by atoms with Gasteiger partial charge in [-0.05, 0) is 25.1 Å².